The van der Waals surface area contributed by atoms with E-state index in [1.807, 2.05) is 130 Å². The zero-order valence-corrected chi connectivity index (χ0v) is 69.0. The smallest absolute Gasteiger partial charge is 0.216 e. The first-order valence-corrected chi connectivity index (χ1v) is 34.8. The second-order valence-electron chi connectivity index (χ2n) is 25.6. The quantitative estimate of drug-likeness (QED) is 0.126. The second-order valence-corrected chi connectivity index (χ2v) is 25.6. The Morgan fingerprint density at radius 1 is 0.316 bits per heavy atom. The first kappa shape index (κ1) is 53.9. The number of furan rings is 3. The second kappa shape index (κ2) is 39.2. The Balaban J connectivity index is 0.000000180. The Kier molecular flexibility index (Phi) is 18.5. The molecule has 15 heteroatoms. The van der Waals surface area contributed by atoms with Crippen LogP contribution in [0.4, 0.5) is 0 Å². The number of aryl methyl sites for hydroxylation is 9. The van der Waals surface area contributed by atoms with Crippen LogP contribution in [0, 0.1) is 98.3 Å². The number of pyridine rings is 9. The molecule has 0 amide bonds. The summed E-state index contributed by atoms with van der Waals surface area (Å²) in [6.07, 6.45) is 6.81. The van der Waals surface area contributed by atoms with E-state index in [1.54, 1.807) is 99.0 Å². The summed E-state index contributed by atoms with van der Waals surface area (Å²) in [6.45, 7) is -13.1. The van der Waals surface area contributed by atoms with Crippen LogP contribution in [0.2, 0.25) is 0 Å². The van der Waals surface area contributed by atoms with Crippen LogP contribution in [0.25, 0.3) is 134 Å². The summed E-state index contributed by atoms with van der Waals surface area (Å²) in [5.41, 5.74) is 11.5. The van der Waals surface area contributed by atoms with Gasteiger partial charge in [-0.25, -0.2) is 15.0 Å². The van der Waals surface area contributed by atoms with Gasteiger partial charge in [0.25, 0.3) is 0 Å². The molecule has 12 heterocycles. The van der Waals surface area contributed by atoms with Crippen LogP contribution >= 0.6 is 0 Å². The largest absolute Gasteiger partial charge is 0.486 e. The van der Waals surface area contributed by atoms with Crippen LogP contribution in [0.1, 0.15) is 166 Å². The Morgan fingerprint density at radius 3 is 1.22 bits per heavy atom. The van der Waals surface area contributed by atoms with Crippen molar-refractivity contribution in [3.05, 3.63) is 341 Å². The van der Waals surface area contributed by atoms with Gasteiger partial charge in [0.05, 0.1) is 16.7 Å². The molecule has 12 aromatic heterocycles. The average Bonchev–Trinajstić information content (AvgIpc) is 1.49. The minimum Gasteiger partial charge on any atom is -0.486 e. The first-order valence-electron chi connectivity index (χ1n) is 49.3. The number of hydrogen-bond acceptors (Lipinski definition) is 12. The molecule has 3 radical (unpaired) electrons. The molecule has 114 heavy (non-hydrogen) atoms. The van der Waals surface area contributed by atoms with Crippen LogP contribution in [-0.2, 0) is 60.3 Å². The van der Waals surface area contributed by atoms with Crippen molar-refractivity contribution in [1.82, 2.24) is 44.9 Å². The normalized spacial score (nSPS) is 16.1. The van der Waals surface area contributed by atoms with Gasteiger partial charge in [-0.3, -0.25) is 0 Å². The molecule has 12 nitrogen and oxygen atoms in total. The molecule has 0 aliphatic rings. The van der Waals surface area contributed by atoms with Gasteiger partial charge in [0.15, 0.2) is 0 Å². The molecule has 0 N–H and O–H groups in total. The molecule has 0 spiro atoms. The number of rotatable bonds is 9. The van der Waals surface area contributed by atoms with Crippen molar-refractivity contribution in [2.24, 2.45) is 0 Å². The predicted molar refractivity (Wildman–Crippen MR) is 451 cm³/mol. The van der Waals surface area contributed by atoms with E-state index in [2.05, 4.69) is 81.3 Å². The van der Waals surface area contributed by atoms with Crippen molar-refractivity contribution < 1.29 is 113 Å². The number of nitrogens with zero attached hydrogens (tertiary/aromatic N) is 9. The minimum atomic E-state index is -3.37. The fourth-order valence-electron chi connectivity index (χ4n) is 11.9. The standard InChI is InChI=1S/2C21H19N2O.C20H17N2O.C13H12N.2C12H10N.3Ir/c1-12(2)18-10-19(22-11-13(18)3)17-7-5-6-15-16-9-8-14(4)23-21(16)24-20(15)17;1-12(2)18-11-22-19(10-13(18)3)17-7-5-6-15-16-9-8-14(4)23-21(16)24-20(15)17;1-12(2)17-11-22-18(10-13(17)3)16-7-4-6-14-15-8-5-9-21-20(15)23-19(14)16;1-10-8-13(14-9-11(10)2)12-6-4-3-5-7-12;2*1-10-6-5-9-12(13-10)11-7-3-2-4-8-11;;;/h2*5-6,8-12H,1-4H3;4-6,8-12H,1-3H3;3-6,8-9H,1-2H3;2*2-7,9H,1H3;;;/q6*-1;;;/i1D3,2D3,3D3,12D;1D3,3D3,12D;3D3;2D3;2*1D3;;;. The summed E-state index contributed by atoms with van der Waals surface area (Å²) in [4.78, 5) is 38.4. The van der Waals surface area contributed by atoms with Crippen molar-refractivity contribution in [2.45, 2.75) is 121 Å². The number of hydrogen-bond donors (Lipinski definition) is 0. The van der Waals surface area contributed by atoms with Gasteiger partial charge in [0, 0.05) is 170 Å². The van der Waals surface area contributed by atoms with E-state index in [9.17, 15) is 0 Å². The van der Waals surface area contributed by atoms with Crippen molar-refractivity contribution in [1.29, 1.82) is 0 Å². The summed E-state index contributed by atoms with van der Waals surface area (Å²) in [5.74, 6) is -5.29. The van der Waals surface area contributed by atoms with Gasteiger partial charge in [-0.05, 0) is 190 Å². The maximum atomic E-state index is 8.57. The molecule has 0 bridgehead atoms. The Morgan fingerprint density at radius 2 is 0.754 bits per heavy atom. The fraction of sp³-hybridized carbons (Fsp3) is 0.182. The van der Waals surface area contributed by atoms with Gasteiger partial charge < -0.3 is 43.2 Å². The molecular weight excluding hydrogens is 1940 g/mol. The van der Waals surface area contributed by atoms with Gasteiger partial charge >= 0.3 is 0 Å². The molecule has 1 atom stereocenters. The molecule has 579 valence electrons. The van der Waals surface area contributed by atoms with Gasteiger partial charge in [0.2, 0.25) is 17.1 Å². The van der Waals surface area contributed by atoms with E-state index in [0.29, 0.717) is 78.6 Å². The van der Waals surface area contributed by atoms with Crippen LogP contribution < -0.4 is 0 Å². The molecule has 0 aliphatic heterocycles. The number of benzene rings is 6. The molecule has 6 aromatic carbocycles. The number of fused-ring (bicyclic) bond motifs is 9. The summed E-state index contributed by atoms with van der Waals surface area (Å²) >= 11 is 0. The van der Waals surface area contributed by atoms with E-state index in [1.165, 1.54) is 31.3 Å². The van der Waals surface area contributed by atoms with E-state index in [4.69, 9.17) is 53.0 Å². The van der Waals surface area contributed by atoms with E-state index >= 15 is 0 Å². The van der Waals surface area contributed by atoms with E-state index in [0.717, 1.165) is 90.3 Å². The van der Waals surface area contributed by atoms with Crippen molar-refractivity contribution >= 4 is 66.2 Å². The molecule has 0 saturated heterocycles. The Labute approximate surface area is 749 Å². The van der Waals surface area contributed by atoms with E-state index < -0.39 is 84.6 Å². The molecule has 0 aliphatic carbocycles. The molecule has 18 rings (SSSR count). The molecule has 1 unspecified atom stereocenters. The van der Waals surface area contributed by atoms with Crippen LogP contribution in [-0.4, -0.2) is 44.9 Å². The monoisotopic (exact) mass is 2060 g/mol. The zero-order valence-electron chi connectivity index (χ0n) is 90.8. The van der Waals surface area contributed by atoms with E-state index in [-0.39, 0.29) is 106 Å². The minimum absolute atomic E-state index is 0. The van der Waals surface area contributed by atoms with Crippen molar-refractivity contribution in [3.63, 3.8) is 0 Å². The predicted octanol–water partition coefficient (Wildman–Crippen LogP) is 25.3. The maximum absolute atomic E-state index is 8.57. The van der Waals surface area contributed by atoms with Gasteiger partial charge in [0.1, 0.15) is 0 Å². The summed E-state index contributed by atoms with van der Waals surface area (Å²) < 4.78 is 241. The van der Waals surface area contributed by atoms with Gasteiger partial charge in [-0.2, -0.15) is 0 Å². The third kappa shape index (κ3) is 20.1. The van der Waals surface area contributed by atoms with Crippen molar-refractivity contribution in [3.8, 4) is 67.5 Å². The van der Waals surface area contributed by atoms with Crippen LogP contribution in [0.15, 0.2) is 250 Å². The van der Waals surface area contributed by atoms with Gasteiger partial charge in [-0.1, -0.05) is 139 Å². The third-order valence-electron chi connectivity index (χ3n) is 17.5. The maximum Gasteiger partial charge on any atom is 0.216 e. The Hall–Kier alpha value is -11.0. The van der Waals surface area contributed by atoms with Gasteiger partial charge in [-0.15, -0.1) is 162 Å². The van der Waals surface area contributed by atoms with Crippen LogP contribution in [0.5, 0.6) is 0 Å². The first-order chi connectivity index (χ1) is 65.3. The molecular formula is C99H87Ir3N9O3-6. The van der Waals surface area contributed by atoms with Crippen LogP contribution in [0.3, 0.4) is 0 Å². The summed E-state index contributed by atoms with van der Waals surface area (Å²) in [5, 5.41) is 4.80. The summed E-state index contributed by atoms with van der Waals surface area (Å²) in [7, 11) is 0. The number of aromatic nitrogens is 9. The fourth-order valence-corrected chi connectivity index (χ4v) is 11.9. The third-order valence-corrected chi connectivity index (χ3v) is 17.5. The molecule has 18 aromatic rings. The zero-order chi connectivity index (χ0) is 102. The Bertz CT molecular complexity index is 7400. The summed E-state index contributed by atoms with van der Waals surface area (Å²) in [6, 6.07) is 78.0. The average molecular weight is 2060 g/mol. The molecule has 0 fully saturated rings. The molecule has 0 saturated carbocycles. The SMILES string of the molecule is [2H]C([2H])([2H])c1cc(-c2[c-]ccc3c2oc2nc(C)ccc23)ncc1C([2H])(C)C([2H])([2H])[2H].[2H]C([2H])([2H])c1cc(-c2[c-]ccc3c2oc2ncccc23)ncc1C(C)C.[2H]C([2H])([2H])c1cccc(-c2[c-]cccc2)n1.[2H]C([2H])([2H])c1cccc(-c2[c-]cccc2)n1.[2H]C([2H])([2H])c1cnc(-c2[c-]ccc3c2oc2nc(C)ccc23)cc1C([2H])(C([2H])([2H])[2H])C([2H])([2H])[2H].[2H]C([2H])([2H])c1cnc(-c2[c-]cccc2)cc1C.[Ir].[Ir].[Ir]. The topological polar surface area (TPSA) is 155 Å². The van der Waals surface area contributed by atoms with Crippen molar-refractivity contribution in [2.75, 3.05) is 0 Å².